The maximum absolute atomic E-state index is 12.4. The highest BCUT2D eigenvalue weighted by molar-refractivity contribution is 9.11. The molecular formula is C13H16BrNO2S. The number of halogens is 1. The molecule has 3 nitrogen and oxygen atoms in total. The van der Waals surface area contributed by atoms with Crippen molar-refractivity contribution < 1.29 is 8.42 Å². The van der Waals surface area contributed by atoms with E-state index in [-0.39, 0.29) is 6.04 Å². The molecule has 0 radical (unpaired) electrons. The van der Waals surface area contributed by atoms with Crippen LogP contribution in [0.1, 0.15) is 30.9 Å². The molecule has 0 bridgehead atoms. The molecule has 5 heteroatoms. The Kier molecular flexibility index (Phi) is 3.24. The lowest BCUT2D eigenvalue weighted by Crippen LogP contribution is -2.37. The largest absolute Gasteiger partial charge is 0.294 e. The zero-order valence-corrected chi connectivity index (χ0v) is 12.5. The maximum Gasteiger partial charge on any atom is 0.193 e. The number of nitrogens with zero attached hydrogens (tertiary/aromatic N) is 1. The van der Waals surface area contributed by atoms with E-state index < -0.39 is 14.0 Å². The number of alkyl halides is 1. The summed E-state index contributed by atoms with van der Waals surface area (Å²) in [4.78, 5) is 2.81. The first-order valence-electron chi connectivity index (χ1n) is 6.33. The summed E-state index contributed by atoms with van der Waals surface area (Å²) in [6.07, 6.45) is 3.58. The van der Waals surface area contributed by atoms with E-state index in [4.69, 9.17) is 0 Å². The lowest BCUT2D eigenvalue weighted by Gasteiger charge is -2.33. The molecule has 1 aromatic rings. The van der Waals surface area contributed by atoms with Gasteiger partial charge in [-0.1, -0.05) is 40.5 Å². The quantitative estimate of drug-likeness (QED) is 0.743. The van der Waals surface area contributed by atoms with Gasteiger partial charge in [-0.2, -0.15) is 0 Å². The SMILES string of the molecule is O=S1(=O)c2ccccc2[C@H](N2CCCCC2)[C@H]1Br. The predicted octanol–water partition coefficient (Wildman–Crippen LogP) is 2.72. The second-order valence-electron chi connectivity index (χ2n) is 4.98. The van der Waals surface area contributed by atoms with Crippen molar-refractivity contribution in [2.75, 3.05) is 13.1 Å². The number of sulfone groups is 1. The fourth-order valence-corrected chi connectivity index (χ4v) is 5.88. The Bertz CT molecular complexity index is 552. The van der Waals surface area contributed by atoms with Crippen LogP contribution in [-0.4, -0.2) is 30.6 Å². The number of benzene rings is 1. The summed E-state index contributed by atoms with van der Waals surface area (Å²) in [5, 5.41) is 0. The predicted molar refractivity (Wildman–Crippen MR) is 74.5 cm³/mol. The summed E-state index contributed by atoms with van der Waals surface area (Å²) in [5.74, 6) is 0. The highest BCUT2D eigenvalue weighted by Gasteiger charge is 2.46. The average Bonchev–Trinajstić information content (AvgIpc) is 2.60. The Morgan fingerprint density at radius 3 is 2.50 bits per heavy atom. The van der Waals surface area contributed by atoms with Crippen LogP contribution in [0, 0.1) is 0 Å². The number of rotatable bonds is 1. The summed E-state index contributed by atoms with van der Waals surface area (Å²) in [7, 11) is -3.21. The van der Waals surface area contributed by atoms with Crippen LogP contribution in [0.5, 0.6) is 0 Å². The van der Waals surface area contributed by atoms with E-state index in [0.29, 0.717) is 4.90 Å². The van der Waals surface area contributed by atoms with Crippen LogP contribution in [-0.2, 0) is 9.84 Å². The molecule has 1 saturated heterocycles. The highest BCUT2D eigenvalue weighted by atomic mass is 79.9. The third-order valence-electron chi connectivity index (χ3n) is 3.87. The molecule has 0 N–H and O–H groups in total. The van der Waals surface area contributed by atoms with Crippen LogP contribution in [0.15, 0.2) is 29.2 Å². The van der Waals surface area contributed by atoms with Gasteiger partial charge in [-0.25, -0.2) is 8.42 Å². The molecule has 2 atom stereocenters. The second-order valence-corrected chi connectivity index (χ2v) is 8.61. The first kappa shape index (κ1) is 12.6. The van der Waals surface area contributed by atoms with E-state index in [0.717, 1.165) is 18.7 Å². The summed E-state index contributed by atoms with van der Waals surface area (Å²) in [6.45, 7) is 1.99. The van der Waals surface area contributed by atoms with Gasteiger partial charge in [-0.15, -0.1) is 0 Å². The number of likely N-dealkylation sites (tertiary alicyclic amines) is 1. The van der Waals surface area contributed by atoms with Crippen molar-refractivity contribution in [1.82, 2.24) is 4.90 Å². The molecule has 0 spiro atoms. The van der Waals surface area contributed by atoms with Crippen molar-refractivity contribution in [1.29, 1.82) is 0 Å². The van der Waals surface area contributed by atoms with Crippen LogP contribution in [0.4, 0.5) is 0 Å². The molecule has 0 aliphatic carbocycles. The molecule has 0 unspecified atom stereocenters. The molecule has 0 amide bonds. The molecule has 0 saturated carbocycles. The first-order valence-corrected chi connectivity index (χ1v) is 8.79. The van der Waals surface area contributed by atoms with E-state index in [1.807, 2.05) is 12.1 Å². The third kappa shape index (κ3) is 1.84. The van der Waals surface area contributed by atoms with Gasteiger partial charge in [-0.3, -0.25) is 4.90 Å². The van der Waals surface area contributed by atoms with Gasteiger partial charge in [0.2, 0.25) is 0 Å². The fourth-order valence-electron chi connectivity index (χ4n) is 2.98. The first-order chi connectivity index (χ1) is 8.62. The van der Waals surface area contributed by atoms with Crippen molar-refractivity contribution in [3.05, 3.63) is 29.8 Å². The van der Waals surface area contributed by atoms with E-state index in [9.17, 15) is 8.42 Å². The van der Waals surface area contributed by atoms with Crippen molar-refractivity contribution in [2.24, 2.45) is 0 Å². The Morgan fingerprint density at radius 2 is 1.78 bits per heavy atom. The summed E-state index contributed by atoms with van der Waals surface area (Å²) in [6, 6.07) is 7.38. The number of hydrogen-bond acceptors (Lipinski definition) is 3. The van der Waals surface area contributed by atoms with Crippen LogP contribution in [0.2, 0.25) is 0 Å². The van der Waals surface area contributed by atoms with E-state index >= 15 is 0 Å². The minimum Gasteiger partial charge on any atom is -0.294 e. The van der Waals surface area contributed by atoms with Gasteiger partial charge in [-0.05, 0) is 37.6 Å². The van der Waals surface area contributed by atoms with Gasteiger partial charge >= 0.3 is 0 Å². The van der Waals surface area contributed by atoms with Crippen molar-refractivity contribution >= 4 is 25.8 Å². The molecule has 2 aliphatic rings. The lowest BCUT2D eigenvalue weighted by molar-refractivity contribution is 0.174. The molecule has 0 aromatic heterocycles. The van der Waals surface area contributed by atoms with Gasteiger partial charge in [0.05, 0.1) is 10.9 Å². The van der Waals surface area contributed by atoms with Crippen LogP contribution >= 0.6 is 15.9 Å². The van der Waals surface area contributed by atoms with Crippen molar-refractivity contribution in [3.63, 3.8) is 0 Å². The smallest absolute Gasteiger partial charge is 0.193 e. The number of hydrogen-bond donors (Lipinski definition) is 0. The summed E-state index contributed by atoms with van der Waals surface area (Å²) >= 11 is 3.41. The molecule has 2 heterocycles. The molecule has 3 rings (SSSR count). The van der Waals surface area contributed by atoms with Gasteiger partial charge in [0.1, 0.15) is 4.16 Å². The Labute approximate surface area is 116 Å². The minimum absolute atomic E-state index is 0.0218. The summed E-state index contributed by atoms with van der Waals surface area (Å²) < 4.78 is 24.2. The second kappa shape index (κ2) is 4.62. The average molecular weight is 330 g/mol. The third-order valence-corrected chi connectivity index (χ3v) is 7.69. The highest BCUT2D eigenvalue weighted by Crippen LogP contribution is 2.45. The molecule has 2 aliphatic heterocycles. The van der Waals surface area contributed by atoms with Crippen molar-refractivity contribution in [2.45, 2.75) is 34.4 Å². The molecule has 18 heavy (non-hydrogen) atoms. The molecule has 98 valence electrons. The maximum atomic E-state index is 12.4. The number of piperidine rings is 1. The van der Waals surface area contributed by atoms with E-state index in [2.05, 4.69) is 20.8 Å². The van der Waals surface area contributed by atoms with Gasteiger partial charge in [0, 0.05) is 0 Å². The standard InChI is InChI=1S/C13H16BrNO2S/c14-13-12(15-8-4-1-5-9-15)10-6-2-3-7-11(10)18(13,16)17/h2-3,6-7,12-13H,1,4-5,8-9H2/t12-,13-/m0/s1. The van der Waals surface area contributed by atoms with Crippen LogP contribution in [0.3, 0.4) is 0 Å². The van der Waals surface area contributed by atoms with Gasteiger partial charge in [0.25, 0.3) is 0 Å². The molecule has 1 aromatic carbocycles. The minimum atomic E-state index is -3.21. The summed E-state index contributed by atoms with van der Waals surface area (Å²) in [5.41, 5.74) is 0.960. The molecular weight excluding hydrogens is 314 g/mol. The Hall–Kier alpha value is -0.390. The van der Waals surface area contributed by atoms with Gasteiger partial charge in [0.15, 0.2) is 9.84 Å². The normalized spacial score (nSPS) is 31.2. The van der Waals surface area contributed by atoms with Gasteiger partial charge < -0.3 is 0 Å². The lowest BCUT2D eigenvalue weighted by atomic mass is 10.0. The fraction of sp³-hybridized carbons (Fsp3) is 0.538. The number of fused-ring (bicyclic) bond motifs is 1. The monoisotopic (exact) mass is 329 g/mol. The Balaban J connectivity index is 2.05. The van der Waals surface area contributed by atoms with E-state index in [1.165, 1.54) is 19.3 Å². The topological polar surface area (TPSA) is 37.4 Å². The zero-order chi connectivity index (χ0) is 12.8. The Morgan fingerprint density at radius 1 is 1.11 bits per heavy atom. The molecule has 1 fully saturated rings. The van der Waals surface area contributed by atoms with Crippen LogP contribution in [0.25, 0.3) is 0 Å². The zero-order valence-electron chi connectivity index (χ0n) is 10.0. The van der Waals surface area contributed by atoms with Crippen molar-refractivity contribution in [3.8, 4) is 0 Å². The van der Waals surface area contributed by atoms with E-state index in [1.54, 1.807) is 12.1 Å². The van der Waals surface area contributed by atoms with Crippen LogP contribution < -0.4 is 0 Å².